The molecule has 0 aromatic heterocycles. The van der Waals surface area contributed by atoms with Crippen LogP contribution in [-0.4, -0.2) is 0 Å². The molecule has 2 heteroatoms. The third-order valence-corrected chi connectivity index (χ3v) is 2.51. The molecule has 2 N–H and O–H groups in total. The van der Waals surface area contributed by atoms with Crippen LogP contribution < -0.4 is 5.73 Å². The van der Waals surface area contributed by atoms with Gasteiger partial charge in [-0.1, -0.05) is 30.5 Å². The Kier molecular flexibility index (Phi) is 2.82. The molecule has 0 radical (unpaired) electrons. The van der Waals surface area contributed by atoms with Crippen molar-refractivity contribution >= 4 is 11.8 Å². The fourth-order valence-corrected chi connectivity index (χ4v) is 1.71. The minimum absolute atomic E-state index is 0.642. The summed E-state index contributed by atoms with van der Waals surface area (Å²) < 4.78 is 0. The molecule has 0 spiro atoms. The van der Waals surface area contributed by atoms with E-state index in [1.165, 1.54) is 27.8 Å². The molecule has 64 valence electrons. The van der Waals surface area contributed by atoms with Crippen molar-refractivity contribution in [3.63, 3.8) is 0 Å². The van der Waals surface area contributed by atoms with E-state index in [1.807, 2.05) is 0 Å². The molecule has 0 fully saturated rings. The van der Waals surface area contributed by atoms with Crippen LogP contribution in [0.1, 0.15) is 11.1 Å². The Bertz CT molecular complexity index is 305. The minimum atomic E-state index is 0.642. The van der Waals surface area contributed by atoms with Crippen molar-refractivity contribution in [2.75, 3.05) is 0 Å². The van der Waals surface area contributed by atoms with Crippen LogP contribution in [0.4, 0.5) is 0 Å². The van der Waals surface area contributed by atoms with Crippen molar-refractivity contribution in [3.05, 3.63) is 40.9 Å². The zero-order chi connectivity index (χ0) is 9.14. The summed E-state index contributed by atoms with van der Waals surface area (Å²) in [6.07, 6.45) is 0. The lowest BCUT2D eigenvalue weighted by atomic mass is 10.2. The Morgan fingerprint density at radius 3 is 2.67 bits per heavy atom. The molecule has 0 aliphatic rings. The van der Waals surface area contributed by atoms with Crippen LogP contribution in [-0.2, 0) is 0 Å². The first kappa shape index (κ1) is 9.20. The number of aryl methyl sites for hydroxylation is 2. The van der Waals surface area contributed by atoms with Gasteiger partial charge in [0.15, 0.2) is 0 Å². The Labute approximate surface area is 77.7 Å². The summed E-state index contributed by atoms with van der Waals surface area (Å²) in [5, 5.41) is 0.642. The van der Waals surface area contributed by atoms with Crippen molar-refractivity contribution in [3.8, 4) is 0 Å². The summed E-state index contributed by atoms with van der Waals surface area (Å²) in [5.41, 5.74) is 8.01. The highest BCUT2D eigenvalue weighted by atomic mass is 32.2. The van der Waals surface area contributed by atoms with Gasteiger partial charge < -0.3 is 5.73 Å². The first-order valence-corrected chi connectivity index (χ1v) is 4.61. The number of benzene rings is 1. The predicted octanol–water partition coefficient (Wildman–Crippen LogP) is 2.83. The van der Waals surface area contributed by atoms with Gasteiger partial charge in [0.1, 0.15) is 0 Å². The quantitative estimate of drug-likeness (QED) is 0.706. The van der Waals surface area contributed by atoms with Crippen molar-refractivity contribution < 1.29 is 0 Å². The normalized spacial score (nSPS) is 9.83. The van der Waals surface area contributed by atoms with Gasteiger partial charge in [-0.2, -0.15) is 0 Å². The van der Waals surface area contributed by atoms with Crippen molar-refractivity contribution in [2.45, 2.75) is 18.7 Å². The van der Waals surface area contributed by atoms with Gasteiger partial charge in [0.05, 0.1) is 5.03 Å². The van der Waals surface area contributed by atoms with Crippen LogP contribution in [0.3, 0.4) is 0 Å². The molecule has 1 aromatic carbocycles. The fourth-order valence-electron chi connectivity index (χ4n) is 0.958. The number of nitrogens with two attached hydrogens (primary N) is 1. The summed E-state index contributed by atoms with van der Waals surface area (Å²) in [7, 11) is 0. The second-order valence-corrected chi connectivity index (χ2v) is 4.01. The van der Waals surface area contributed by atoms with E-state index in [2.05, 4.69) is 38.6 Å². The van der Waals surface area contributed by atoms with E-state index in [0.29, 0.717) is 5.03 Å². The monoisotopic (exact) mass is 179 g/mol. The third-order valence-electron chi connectivity index (χ3n) is 1.58. The summed E-state index contributed by atoms with van der Waals surface area (Å²) in [4.78, 5) is 1.20. The van der Waals surface area contributed by atoms with E-state index in [9.17, 15) is 0 Å². The van der Waals surface area contributed by atoms with Crippen molar-refractivity contribution in [2.24, 2.45) is 5.73 Å². The van der Waals surface area contributed by atoms with Crippen LogP contribution in [0, 0.1) is 13.8 Å². The number of thioether (sulfide) groups is 1. The maximum absolute atomic E-state index is 5.51. The van der Waals surface area contributed by atoms with Crippen LogP contribution in [0.15, 0.2) is 34.7 Å². The first-order valence-electron chi connectivity index (χ1n) is 3.79. The Morgan fingerprint density at radius 2 is 2.08 bits per heavy atom. The van der Waals surface area contributed by atoms with Gasteiger partial charge in [-0.15, -0.1) is 0 Å². The minimum Gasteiger partial charge on any atom is -0.394 e. The van der Waals surface area contributed by atoms with E-state index in [4.69, 9.17) is 5.73 Å². The van der Waals surface area contributed by atoms with E-state index in [1.54, 1.807) is 0 Å². The van der Waals surface area contributed by atoms with E-state index >= 15 is 0 Å². The summed E-state index contributed by atoms with van der Waals surface area (Å²) in [5.74, 6) is 0. The van der Waals surface area contributed by atoms with Gasteiger partial charge in [0.25, 0.3) is 0 Å². The number of rotatable bonds is 2. The molecule has 1 nitrogen and oxygen atoms in total. The molecule has 0 aliphatic heterocycles. The van der Waals surface area contributed by atoms with E-state index in [-0.39, 0.29) is 0 Å². The molecular formula is C10H13NS. The molecule has 0 unspecified atom stereocenters. The van der Waals surface area contributed by atoms with Gasteiger partial charge in [-0.3, -0.25) is 0 Å². The molecule has 0 saturated heterocycles. The molecule has 0 saturated carbocycles. The van der Waals surface area contributed by atoms with Crippen LogP contribution >= 0.6 is 11.8 Å². The van der Waals surface area contributed by atoms with Gasteiger partial charge in [-0.05, 0) is 31.0 Å². The van der Waals surface area contributed by atoms with Gasteiger partial charge >= 0.3 is 0 Å². The standard InChI is InChI=1S/C10H13NS/c1-7-4-5-8(2)10(6-7)12-9(3)11/h4-6H,3,11H2,1-2H3. The fraction of sp³-hybridized carbons (Fsp3) is 0.200. The smallest absolute Gasteiger partial charge is 0.0630 e. The maximum atomic E-state index is 5.51. The largest absolute Gasteiger partial charge is 0.394 e. The summed E-state index contributed by atoms with van der Waals surface area (Å²) >= 11 is 1.52. The molecule has 0 heterocycles. The molecule has 1 rings (SSSR count). The highest BCUT2D eigenvalue weighted by molar-refractivity contribution is 8.03. The zero-order valence-corrected chi connectivity index (χ0v) is 8.24. The number of hydrogen-bond acceptors (Lipinski definition) is 2. The Morgan fingerprint density at radius 1 is 1.42 bits per heavy atom. The highest BCUT2D eigenvalue weighted by Crippen LogP contribution is 2.26. The van der Waals surface area contributed by atoms with E-state index < -0.39 is 0 Å². The van der Waals surface area contributed by atoms with E-state index in [0.717, 1.165) is 0 Å². The maximum Gasteiger partial charge on any atom is 0.0630 e. The second kappa shape index (κ2) is 3.68. The number of hydrogen-bond donors (Lipinski definition) is 1. The predicted molar refractivity (Wildman–Crippen MR) is 55.1 cm³/mol. The average Bonchev–Trinajstić information content (AvgIpc) is 1.96. The van der Waals surface area contributed by atoms with Crippen molar-refractivity contribution in [1.29, 1.82) is 0 Å². The van der Waals surface area contributed by atoms with Gasteiger partial charge in [-0.25, -0.2) is 0 Å². The van der Waals surface area contributed by atoms with Crippen LogP contribution in [0.2, 0.25) is 0 Å². The Hall–Kier alpha value is -0.890. The van der Waals surface area contributed by atoms with Gasteiger partial charge in [0.2, 0.25) is 0 Å². The Balaban J connectivity index is 2.97. The molecule has 0 bridgehead atoms. The topological polar surface area (TPSA) is 26.0 Å². The molecular weight excluding hydrogens is 166 g/mol. The SMILES string of the molecule is C=C(N)Sc1cc(C)ccc1C. The third kappa shape index (κ3) is 2.31. The molecule has 0 aliphatic carbocycles. The summed E-state index contributed by atoms with van der Waals surface area (Å²) in [6.45, 7) is 7.81. The van der Waals surface area contributed by atoms with Crippen LogP contribution in [0.5, 0.6) is 0 Å². The first-order chi connectivity index (χ1) is 5.59. The van der Waals surface area contributed by atoms with Crippen molar-refractivity contribution in [1.82, 2.24) is 0 Å². The zero-order valence-electron chi connectivity index (χ0n) is 7.42. The lowest BCUT2D eigenvalue weighted by molar-refractivity contribution is 1.26. The lowest BCUT2D eigenvalue weighted by Crippen LogP contribution is -1.90. The highest BCUT2D eigenvalue weighted by Gasteiger charge is 1.99. The second-order valence-electron chi connectivity index (χ2n) is 2.84. The molecule has 1 aromatic rings. The van der Waals surface area contributed by atoms with Gasteiger partial charge in [0, 0.05) is 4.90 Å². The van der Waals surface area contributed by atoms with Crippen LogP contribution in [0.25, 0.3) is 0 Å². The lowest BCUT2D eigenvalue weighted by Gasteiger charge is -2.05. The summed E-state index contributed by atoms with van der Waals surface area (Å²) in [6, 6.07) is 6.32. The molecule has 0 amide bonds. The molecule has 12 heavy (non-hydrogen) atoms. The average molecular weight is 179 g/mol. The molecule has 0 atom stereocenters.